The molecule has 1 aromatic heterocycles. The van der Waals surface area contributed by atoms with Gasteiger partial charge < -0.3 is 19.4 Å². The monoisotopic (exact) mass is 476 g/mol. The molecule has 1 saturated carbocycles. The summed E-state index contributed by atoms with van der Waals surface area (Å²) in [5.74, 6) is 1.17. The average molecular weight is 477 g/mol. The van der Waals surface area contributed by atoms with Crippen molar-refractivity contribution in [2.45, 2.75) is 59.5 Å². The predicted molar refractivity (Wildman–Crippen MR) is 138 cm³/mol. The molecule has 6 nitrogen and oxygen atoms in total. The molecule has 1 amide bonds. The Labute approximate surface area is 207 Å². The van der Waals surface area contributed by atoms with E-state index in [2.05, 4.69) is 35.9 Å². The highest BCUT2D eigenvalue weighted by Gasteiger charge is 2.28. The van der Waals surface area contributed by atoms with Gasteiger partial charge in [-0.3, -0.25) is 4.79 Å². The number of carbonyl (C=O) groups excluding carboxylic acids is 2. The van der Waals surface area contributed by atoms with E-state index >= 15 is 0 Å². The van der Waals surface area contributed by atoms with E-state index in [4.69, 9.17) is 9.47 Å². The third kappa shape index (κ3) is 5.53. The van der Waals surface area contributed by atoms with Gasteiger partial charge in [-0.15, -0.1) is 0 Å². The van der Waals surface area contributed by atoms with E-state index in [9.17, 15) is 9.59 Å². The van der Waals surface area contributed by atoms with Crippen LogP contribution in [0.4, 0.5) is 0 Å². The summed E-state index contributed by atoms with van der Waals surface area (Å²) in [5, 5.41) is 3.92. The third-order valence-electron chi connectivity index (χ3n) is 7.38. The molecule has 1 heterocycles. The molecule has 186 valence electrons. The minimum atomic E-state index is -0.350. The molecule has 0 aliphatic heterocycles. The van der Waals surface area contributed by atoms with Crippen LogP contribution in [0, 0.1) is 18.8 Å². The summed E-state index contributed by atoms with van der Waals surface area (Å²) >= 11 is 0. The van der Waals surface area contributed by atoms with E-state index in [1.54, 1.807) is 6.92 Å². The molecule has 0 saturated heterocycles. The van der Waals surface area contributed by atoms with Crippen molar-refractivity contribution in [2.24, 2.45) is 11.8 Å². The minimum Gasteiger partial charge on any atom is -0.484 e. The smallest absolute Gasteiger partial charge is 0.340 e. The fourth-order valence-electron chi connectivity index (χ4n) is 5.16. The van der Waals surface area contributed by atoms with E-state index in [1.807, 2.05) is 43.3 Å². The van der Waals surface area contributed by atoms with Crippen LogP contribution in [0.2, 0.25) is 0 Å². The zero-order chi connectivity index (χ0) is 24.9. The molecule has 1 aliphatic carbocycles. The maximum atomic E-state index is 12.9. The highest BCUT2D eigenvalue weighted by molar-refractivity contribution is 6.06. The van der Waals surface area contributed by atoms with Crippen LogP contribution in [-0.4, -0.2) is 35.7 Å². The molecule has 1 aliphatic rings. The molecule has 3 aromatic rings. The number of hydrogen-bond donors (Lipinski definition) is 1. The molecule has 0 bridgehead atoms. The Morgan fingerprint density at radius 3 is 2.60 bits per heavy atom. The lowest BCUT2D eigenvalue weighted by Gasteiger charge is -2.34. The van der Waals surface area contributed by atoms with Crippen molar-refractivity contribution in [3.8, 4) is 5.75 Å². The van der Waals surface area contributed by atoms with Gasteiger partial charge in [-0.2, -0.15) is 0 Å². The van der Waals surface area contributed by atoms with Crippen molar-refractivity contribution in [3.05, 3.63) is 65.4 Å². The molecule has 0 spiro atoms. The molecule has 0 unspecified atom stereocenters. The van der Waals surface area contributed by atoms with E-state index in [0.717, 1.165) is 35.0 Å². The van der Waals surface area contributed by atoms with Crippen LogP contribution in [0.15, 0.2) is 48.5 Å². The van der Waals surface area contributed by atoms with Crippen LogP contribution in [0.3, 0.4) is 0 Å². The first-order valence-corrected chi connectivity index (χ1v) is 12.6. The van der Waals surface area contributed by atoms with Gasteiger partial charge in [0.25, 0.3) is 5.91 Å². The summed E-state index contributed by atoms with van der Waals surface area (Å²) < 4.78 is 13.4. The number of aromatic nitrogens is 1. The highest BCUT2D eigenvalue weighted by atomic mass is 16.5. The van der Waals surface area contributed by atoms with Gasteiger partial charge in [0, 0.05) is 29.2 Å². The zero-order valence-corrected chi connectivity index (χ0v) is 21.2. The SMILES string of the molecule is CCOC(=O)c1c(C)n(Cc2ccccc2)c2ccc(OCC(=O)N[C@@H]3CCC[C@@H](C)[C@H]3C)cc12. The van der Waals surface area contributed by atoms with Crippen molar-refractivity contribution in [3.63, 3.8) is 0 Å². The van der Waals surface area contributed by atoms with Crippen LogP contribution in [0.25, 0.3) is 10.9 Å². The van der Waals surface area contributed by atoms with Gasteiger partial charge in [0.2, 0.25) is 0 Å². The molecule has 3 atom stereocenters. The van der Waals surface area contributed by atoms with E-state index in [0.29, 0.717) is 36.3 Å². The van der Waals surface area contributed by atoms with Gasteiger partial charge >= 0.3 is 5.97 Å². The van der Waals surface area contributed by atoms with Gasteiger partial charge in [0.1, 0.15) is 5.75 Å². The number of nitrogens with zero attached hydrogens (tertiary/aromatic N) is 1. The highest BCUT2D eigenvalue weighted by Crippen LogP contribution is 2.31. The van der Waals surface area contributed by atoms with Crippen molar-refractivity contribution < 1.29 is 19.1 Å². The van der Waals surface area contributed by atoms with E-state index in [1.165, 1.54) is 6.42 Å². The maximum Gasteiger partial charge on any atom is 0.340 e. The lowest BCUT2D eigenvalue weighted by molar-refractivity contribution is -0.124. The minimum absolute atomic E-state index is 0.0540. The van der Waals surface area contributed by atoms with Crippen LogP contribution in [0.5, 0.6) is 5.75 Å². The average Bonchev–Trinajstić information content (AvgIpc) is 3.12. The standard InChI is InChI=1S/C29H36N2O4/c1-5-34-29(33)28-21(4)31(17-22-11-7-6-8-12-22)26-15-14-23(16-24(26)28)35-18-27(32)30-25-13-9-10-19(2)20(25)3/h6-8,11-12,14-16,19-20,25H,5,9-10,13,17-18H2,1-4H3,(H,30,32)/t19-,20-,25-/m1/s1. The molecule has 1 fully saturated rings. The summed E-state index contributed by atoms with van der Waals surface area (Å²) in [6.45, 7) is 9.10. The Morgan fingerprint density at radius 1 is 1.09 bits per heavy atom. The molecule has 35 heavy (non-hydrogen) atoms. The van der Waals surface area contributed by atoms with Gasteiger partial charge in [0.05, 0.1) is 12.2 Å². The molecular formula is C29H36N2O4. The Balaban J connectivity index is 1.55. The molecule has 1 N–H and O–H groups in total. The largest absolute Gasteiger partial charge is 0.484 e. The summed E-state index contributed by atoms with van der Waals surface area (Å²) in [4.78, 5) is 25.5. The number of benzene rings is 2. The fraction of sp³-hybridized carbons (Fsp3) is 0.448. The van der Waals surface area contributed by atoms with Crippen LogP contribution >= 0.6 is 0 Å². The van der Waals surface area contributed by atoms with Crippen molar-refractivity contribution >= 4 is 22.8 Å². The first-order valence-electron chi connectivity index (χ1n) is 12.6. The van der Waals surface area contributed by atoms with Crippen LogP contribution in [-0.2, 0) is 16.1 Å². The number of carbonyl (C=O) groups is 2. The van der Waals surface area contributed by atoms with Crippen molar-refractivity contribution in [1.29, 1.82) is 0 Å². The number of ether oxygens (including phenoxy) is 2. The quantitative estimate of drug-likeness (QED) is 0.436. The van der Waals surface area contributed by atoms with Gasteiger partial charge in [-0.1, -0.05) is 57.0 Å². The normalized spacial score (nSPS) is 19.9. The predicted octanol–water partition coefficient (Wildman–Crippen LogP) is 5.49. The lowest BCUT2D eigenvalue weighted by Crippen LogP contribution is -2.45. The Morgan fingerprint density at radius 2 is 1.86 bits per heavy atom. The fourth-order valence-corrected chi connectivity index (χ4v) is 5.16. The Bertz CT molecular complexity index is 1180. The number of esters is 1. The summed E-state index contributed by atoms with van der Waals surface area (Å²) in [6.07, 6.45) is 3.38. The third-order valence-corrected chi connectivity index (χ3v) is 7.38. The number of fused-ring (bicyclic) bond motifs is 1. The van der Waals surface area contributed by atoms with Gasteiger partial charge in [0.15, 0.2) is 6.61 Å². The van der Waals surface area contributed by atoms with Gasteiger partial charge in [-0.25, -0.2) is 4.79 Å². The number of hydrogen-bond acceptors (Lipinski definition) is 4. The first kappa shape index (κ1) is 24.8. The Hall–Kier alpha value is -3.28. The molecule has 0 radical (unpaired) electrons. The zero-order valence-electron chi connectivity index (χ0n) is 21.2. The van der Waals surface area contributed by atoms with Crippen molar-refractivity contribution in [2.75, 3.05) is 13.2 Å². The van der Waals surface area contributed by atoms with Crippen molar-refractivity contribution in [1.82, 2.24) is 9.88 Å². The Kier molecular flexibility index (Phi) is 7.79. The summed E-state index contributed by atoms with van der Waals surface area (Å²) in [6, 6.07) is 16.0. The molecule has 4 rings (SSSR count). The second kappa shape index (κ2) is 11.0. The lowest BCUT2D eigenvalue weighted by atomic mass is 9.78. The second-order valence-electron chi connectivity index (χ2n) is 9.66. The maximum absolute atomic E-state index is 12.9. The number of rotatable bonds is 8. The topological polar surface area (TPSA) is 69.6 Å². The number of amides is 1. The van der Waals surface area contributed by atoms with E-state index < -0.39 is 0 Å². The van der Waals surface area contributed by atoms with Crippen LogP contribution in [0.1, 0.15) is 61.6 Å². The van der Waals surface area contributed by atoms with Gasteiger partial charge in [-0.05, 0) is 55.9 Å². The number of nitrogens with one attached hydrogen (secondary N) is 1. The van der Waals surface area contributed by atoms with E-state index in [-0.39, 0.29) is 24.5 Å². The summed E-state index contributed by atoms with van der Waals surface area (Å²) in [7, 11) is 0. The molecular weight excluding hydrogens is 440 g/mol. The first-order chi connectivity index (χ1) is 16.9. The van der Waals surface area contributed by atoms with Crippen LogP contribution < -0.4 is 10.1 Å². The molecule has 2 aromatic carbocycles. The second-order valence-corrected chi connectivity index (χ2v) is 9.66. The summed E-state index contributed by atoms with van der Waals surface area (Å²) in [5.41, 5.74) is 3.46. The molecule has 6 heteroatoms.